The minimum absolute atomic E-state index is 0.0871. The van der Waals surface area contributed by atoms with E-state index in [1.807, 2.05) is 0 Å². The van der Waals surface area contributed by atoms with Crippen LogP contribution < -0.4 is 9.47 Å². The number of hydrogen-bond donors (Lipinski definition) is 0. The Labute approximate surface area is 308 Å². The van der Waals surface area contributed by atoms with Crippen molar-refractivity contribution in [3.63, 3.8) is 0 Å². The highest BCUT2D eigenvalue weighted by Crippen LogP contribution is 2.59. The zero-order valence-electron chi connectivity index (χ0n) is 30.9. The topological polar surface area (TPSA) is 93.5 Å². The summed E-state index contributed by atoms with van der Waals surface area (Å²) in [6.07, 6.45) is 18.3. The average Bonchev–Trinajstić information content (AvgIpc) is 3.56. The van der Waals surface area contributed by atoms with Crippen molar-refractivity contribution in [2.24, 2.45) is 52.8 Å². The smallest absolute Gasteiger partial charge is 0.314 e. The van der Waals surface area contributed by atoms with Crippen molar-refractivity contribution in [3.05, 3.63) is 21.9 Å². The summed E-state index contributed by atoms with van der Waals surface area (Å²) in [6.45, 7) is 10.1. The lowest BCUT2D eigenvalue weighted by molar-refractivity contribution is -0.141. The number of benzene rings is 1. The molecule has 0 spiro atoms. The van der Waals surface area contributed by atoms with Gasteiger partial charge in [0, 0.05) is 5.41 Å². The van der Waals surface area contributed by atoms with Crippen molar-refractivity contribution in [1.82, 2.24) is 0 Å². The monoisotopic (exact) mass is 719 g/mol. The van der Waals surface area contributed by atoms with Crippen molar-refractivity contribution >= 4 is 41.2 Å². The molecule has 4 aliphatic carbocycles. The second-order valence-electron chi connectivity index (χ2n) is 17.4. The molecule has 1 aliphatic heterocycles. The molecule has 0 atom stereocenters. The summed E-state index contributed by atoms with van der Waals surface area (Å²) in [7, 11) is 0. The van der Waals surface area contributed by atoms with E-state index < -0.39 is 5.41 Å². The quantitative estimate of drug-likeness (QED) is 0.119. The Hall–Kier alpha value is -2.24. The molecule has 0 aromatic heterocycles. The van der Waals surface area contributed by atoms with Crippen LogP contribution in [0, 0.1) is 64.1 Å². The van der Waals surface area contributed by atoms with Crippen molar-refractivity contribution in [1.29, 1.82) is 5.26 Å². The van der Waals surface area contributed by atoms with Gasteiger partial charge in [-0.2, -0.15) is 5.26 Å². The first-order valence-electron chi connectivity index (χ1n) is 19.6. The summed E-state index contributed by atoms with van der Waals surface area (Å²) in [6, 6.07) is 5.60. The third-order valence-corrected chi connectivity index (χ3v) is 15.4. The van der Waals surface area contributed by atoms with E-state index >= 15 is 0 Å². The number of fused-ring (bicyclic) bond motifs is 1. The Morgan fingerprint density at radius 3 is 1.28 bits per heavy atom. The van der Waals surface area contributed by atoms with Crippen LogP contribution in [0.15, 0.2) is 31.7 Å². The predicted octanol–water partition coefficient (Wildman–Crippen LogP) is 11.3. The average molecular weight is 720 g/mol. The Bertz CT molecular complexity index is 1400. The lowest BCUT2D eigenvalue weighted by Gasteiger charge is -2.36. The molecule has 0 bridgehead atoms. The van der Waals surface area contributed by atoms with Crippen LogP contribution >= 0.6 is 23.5 Å². The largest absolute Gasteiger partial charge is 0.425 e. The van der Waals surface area contributed by atoms with Crippen LogP contribution in [0.2, 0.25) is 0 Å². The van der Waals surface area contributed by atoms with Crippen LogP contribution in [0.25, 0.3) is 0 Å². The number of carbonyl (C=O) groups excluding carboxylic acids is 3. The van der Waals surface area contributed by atoms with Crippen LogP contribution in [0.1, 0.15) is 137 Å². The normalized spacial score (nSPS) is 31.6. The van der Waals surface area contributed by atoms with Gasteiger partial charge in [0.2, 0.25) is 0 Å². The van der Waals surface area contributed by atoms with Gasteiger partial charge < -0.3 is 9.47 Å². The van der Waals surface area contributed by atoms with E-state index in [2.05, 4.69) is 19.9 Å². The number of ketones is 1. The van der Waals surface area contributed by atoms with Gasteiger partial charge in [0.25, 0.3) is 0 Å². The predicted molar refractivity (Wildman–Crippen MR) is 200 cm³/mol. The summed E-state index contributed by atoms with van der Waals surface area (Å²) < 4.78 is 12.8. The number of hydrogen-bond acceptors (Lipinski definition) is 8. The molecule has 0 unspecified atom stereocenters. The number of rotatable bonds is 7. The van der Waals surface area contributed by atoms with Crippen LogP contribution in [-0.4, -0.2) is 17.7 Å². The Morgan fingerprint density at radius 2 is 0.960 bits per heavy atom. The first-order chi connectivity index (χ1) is 23.9. The second kappa shape index (κ2) is 16.2. The summed E-state index contributed by atoms with van der Waals surface area (Å²) >= 11 is 2.54. The number of nitriles is 1. The molecule has 0 radical (unpaired) electrons. The van der Waals surface area contributed by atoms with Crippen molar-refractivity contribution in [3.8, 4) is 17.6 Å². The third kappa shape index (κ3) is 8.68. The molecule has 4 fully saturated rings. The number of thioether (sulfide) groups is 2. The molecule has 4 saturated carbocycles. The van der Waals surface area contributed by atoms with Gasteiger partial charge in [0.1, 0.15) is 23.1 Å². The number of Topliss-reactive ketones (excluding diaryl/α,β-unsaturated/α-hetero) is 1. The number of carbonyl (C=O) groups is 3. The minimum Gasteiger partial charge on any atom is -0.425 e. The maximum absolute atomic E-state index is 13.6. The molecular formula is C42H57NO5S2. The fraction of sp³-hybridized carbons (Fsp3) is 0.714. The molecular weight excluding hydrogens is 663 g/mol. The molecule has 1 heterocycles. The van der Waals surface area contributed by atoms with Crippen LogP contribution in [0.5, 0.6) is 11.5 Å². The first-order valence-corrected chi connectivity index (χ1v) is 21.2. The highest BCUT2D eigenvalue weighted by atomic mass is 32.2. The van der Waals surface area contributed by atoms with Gasteiger partial charge in [-0.25, -0.2) is 0 Å². The van der Waals surface area contributed by atoms with E-state index in [1.165, 1.54) is 74.9 Å². The van der Waals surface area contributed by atoms with Gasteiger partial charge in [-0.05, 0) is 125 Å². The number of esters is 2. The van der Waals surface area contributed by atoms with Crippen molar-refractivity contribution < 1.29 is 23.9 Å². The molecule has 5 aliphatic rings. The van der Waals surface area contributed by atoms with Gasteiger partial charge in [-0.1, -0.05) is 83.8 Å². The van der Waals surface area contributed by atoms with E-state index in [9.17, 15) is 19.6 Å². The molecule has 50 heavy (non-hydrogen) atoms. The summed E-state index contributed by atoms with van der Waals surface area (Å²) in [5.41, 5.74) is -0.647. The summed E-state index contributed by atoms with van der Waals surface area (Å²) in [5, 5.41) is 10.1. The number of nitrogens with zero attached hydrogens (tertiary/aromatic N) is 1. The van der Waals surface area contributed by atoms with E-state index in [0.29, 0.717) is 37.4 Å². The molecule has 272 valence electrons. The molecule has 8 heteroatoms. The van der Waals surface area contributed by atoms with Crippen molar-refractivity contribution in [2.45, 2.75) is 147 Å². The van der Waals surface area contributed by atoms with Crippen molar-refractivity contribution in [2.75, 3.05) is 0 Å². The molecule has 1 aromatic carbocycles. The highest BCUT2D eigenvalue weighted by molar-refractivity contribution is 8.24. The molecule has 0 saturated heterocycles. The standard InChI is InChI=1S/C42H57NO5S2/c1-25-6-10-27(11-7-25)29-14-18-31(19-15-29)39(45)47-34-22-23-35(37-36(34)49-41(50-37)33(24-43)38(44)42(3,4)5)48-40(46)32-20-16-30(17-21-32)28-12-8-26(2)9-13-28/h22-23,25-32H,6-21H2,1-5H3. The highest BCUT2D eigenvalue weighted by Gasteiger charge is 2.38. The number of ether oxygens (including phenoxy) is 2. The summed E-state index contributed by atoms with van der Waals surface area (Å²) in [4.78, 5) is 41.8. The van der Waals surface area contributed by atoms with Crippen LogP contribution in [0.3, 0.4) is 0 Å². The number of allylic oxidation sites excluding steroid dienone is 1. The van der Waals surface area contributed by atoms with Crippen LogP contribution in [0.4, 0.5) is 0 Å². The lowest BCUT2D eigenvalue weighted by atomic mass is 9.69. The van der Waals surface area contributed by atoms with E-state index in [4.69, 9.17) is 9.47 Å². The van der Waals surface area contributed by atoms with Gasteiger partial charge in [0.15, 0.2) is 5.78 Å². The maximum Gasteiger partial charge on any atom is 0.314 e. The summed E-state index contributed by atoms with van der Waals surface area (Å²) in [5.74, 6) is 4.54. The minimum atomic E-state index is -0.734. The van der Waals surface area contributed by atoms with E-state index in [-0.39, 0.29) is 35.1 Å². The first kappa shape index (κ1) is 37.5. The molecule has 1 aromatic rings. The third-order valence-electron chi connectivity index (χ3n) is 12.7. The fourth-order valence-electron chi connectivity index (χ4n) is 9.30. The zero-order valence-corrected chi connectivity index (χ0v) is 32.5. The Morgan fingerprint density at radius 1 is 0.620 bits per heavy atom. The Balaban J connectivity index is 1.15. The molecule has 6 rings (SSSR count). The van der Waals surface area contributed by atoms with Crippen LogP contribution in [-0.2, 0) is 14.4 Å². The lowest BCUT2D eigenvalue weighted by Crippen LogP contribution is -2.30. The van der Waals surface area contributed by atoms with Gasteiger partial charge >= 0.3 is 11.9 Å². The SMILES string of the molecule is CC1CCC(C2CCC(C(=O)Oc3ccc(OC(=O)C4CCC(C5CCC(C)CC5)CC4)c4c3SC(=C(C#N)C(=O)C(C)(C)C)S4)CC2)CC1. The van der Waals surface area contributed by atoms with E-state index in [0.717, 1.165) is 75.0 Å². The zero-order chi connectivity index (χ0) is 35.6. The maximum atomic E-state index is 13.6. The second-order valence-corrected chi connectivity index (χ2v) is 19.7. The fourth-order valence-corrected chi connectivity index (χ4v) is 11.9. The van der Waals surface area contributed by atoms with E-state index in [1.54, 1.807) is 32.9 Å². The molecule has 6 nitrogen and oxygen atoms in total. The van der Waals surface area contributed by atoms with Gasteiger partial charge in [-0.15, -0.1) is 0 Å². The Kier molecular flexibility index (Phi) is 12.1. The molecule has 0 amide bonds. The van der Waals surface area contributed by atoms with Gasteiger partial charge in [-0.3, -0.25) is 14.4 Å². The molecule has 0 N–H and O–H groups in total. The van der Waals surface area contributed by atoms with Gasteiger partial charge in [0.05, 0.1) is 25.9 Å².